The second-order valence-electron chi connectivity index (χ2n) is 9.53. The summed E-state index contributed by atoms with van der Waals surface area (Å²) in [4.78, 5) is 39.6. The van der Waals surface area contributed by atoms with Gasteiger partial charge in [-0.25, -0.2) is 0 Å². The molecule has 0 bridgehead atoms. The van der Waals surface area contributed by atoms with E-state index < -0.39 is 0 Å². The van der Waals surface area contributed by atoms with Crippen molar-refractivity contribution >= 4 is 23.6 Å². The number of benzene rings is 2. The van der Waals surface area contributed by atoms with Crippen molar-refractivity contribution in [2.45, 2.75) is 31.7 Å². The topological polar surface area (TPSA) is 144 Å². The van der Waals surface area contributed by atoms with Crippen molar-refractivity contribution in [2.24, 2.45) is 11.7 Å². The van der Waals surface area contributed by atoms with Gasteiger partial charge in [-0.2, -0.15) is 0 Å². The van der Waals surface area contributed by atoms with Crippen LogP contribution < -0.4 is 15.8 Å². The number of ether oxygens (including phenoxy) is 3. The van der Waals surface area contributed by atoms with Crippen LogP contribution in [0.4, 0.5) is 0 Å². The average molecular weight is 523 g/mol. The zero-order valence-corrected chi connectivity index (χ0v) is 21.5. The van der Waals surface area contributed by atoms with Gasteiger partial charge in [0.2, 0.25) is 0 Å². The summed E-state index contributed by atoms with van der Waals surface area (Å²) in [5.74, 6) is -0.623. The molecule has 10 heteroatoms. The van der Waals surface area contributed by atoms with Crippen molar-refractivity contribution in [1.29, 1.82) is 5.41 Å². The molecule has 4 rings (SSSR count). The van der Waals surface area contributed by atoms with E-state index in [4.69, 9.17) is 25.4 Å². The zero-order valence-electron chi connectivity index (χ0n) is 21.5. The normalized spacial score (nSPS) is 19.3. The zero-order chi connectivity index (χ0) is 27.1. The minimum absolute atomic E-state index is 0.00388. The number of rotatable bonds is 8. The lowest BCUT2D eigenvalue weighted by Crippen LogP contribution is -2.43. The third-order valence-corrected chi connectivity index (χ3v) is 7.07. The summed E-state index contributed by atoms with van der Waals surface area (Å²) in [5, 5.41) is 10.6. The van der Waals surface area contributed by atoms with Gasteiger partial charge < -0.3 is 30.2 Å². The minimum Gasteiger partial charge on any atom is -0.496 e. The fraction of sp³-hybridized carbons (Fsp3) is 0.429. The van der Waals surface area contributed by atoms with E-state index in [9.17, 15) is 14.4 Å². The molecule has 1 aliphatic carbocycles. The van der Waals surface area contributed by atoms with Gasteiger partial charge in [0.15, 0.2) is 6.61 Å². The van der Waals surface area contributed by atoms with Crippen LogP contribution in [0.3, 0.4) is 0 Å². The van der Waals surface area contributed by atoms with Gasteiger partial charge >= 0.3 is 5.97 Å². The number of amides is 2. The molecule has 0 unspecified atom stereocenters. The van der Waals surface area contributed by atoms with Gasteiger partial charge in [-0.1, -0.05) is 30.3 Å². The Labute approximate surface area is 221 Å². The SMILES string of the molecule is COc1ccc(-c2ccc(C(=N)N)cc2)cc1C(=O)NC1CCC(C(=O)OCC(=O)N2CCOCC2)CC1. The van der Waals surface area contributed by atoms with E-state index in [1.807, 2.05) is 18.2 Å². The molecule has 1 heterocycles. The first-order chi connectivity index (χ1) is 18.4. The number of nitrogens with zero attached hydrogens (tertiary/aromatic N) is 1. The van der Waals surface area contributed by atoms with Crippen LogP contribution in [0.25, 0.3) is 11.1 Å². The molecule has 10 nitrogen and oxygen atoms in total. The molecule has 38 heavy (non-hydrogen) atoms. The summed E-state index contributed by atoms with van der Waals surface area (Å²) in [6, 6.07) is 12.6. The highest BCUT2D eigenvalue weighted by Crippen LogP contribution is 2.29. The number of morpholine rings is 1. The Bertz CT molecular complexity index is 1170. The first-order valence-electron chi connectivity index (χ1n) is 12.8. The second kappa shape index (κ2) is 12.6. The highest BCUT2D eigenvalue weighted by atomic mass is 16.5. The van der Waals surface area contributed by atoms with Crippen LogP contribution >= 0.6 is 0 Å². The Morgan fingerprint density at radius 1 is 1.03 bits per heavy atom. The number of nitrogen functional groups attached to an aromatic ring is 1. The summed E-state index contributed by atoms with van der Waals surface area (Å²) in [5.41, 5.74) is 8.31. The van der Waals surface area contributed by atoms with E-state index >= 15 is 0 Å². The van der Waals surface area contributed by atoms with Gasteiger partial charge in [0.25, 0.3) is 11.8 Å². The number of carbonyl (C=O) groups is 3. The third-order valence-electron chi connectivity index (χ3n) is 7.07. The van der Waals surface area contributed by atoms with Crippen LogP contribution in [0.2, 0.25) is 0 Å². The van der Waals surface area contributed by atoms with Crippen LogP contribution in [0.5, 0.6) is 5.75 Å². The molecule has 2 fully saturated rings. The number of carbonyl (C=O) groups excluding carboxylic acids is 3. The largest absolute Gasteiger partial charge is 0.496 e. The lowest BCUT2D eigenvalue weighted by atomic mass is 9.86. The van der Waals surface area contributed by atoms with E-state index in [-0.39, 0.29) is 42.2 Å². The Kier molecular flexibility index (Phi) is 8.96. The number of methoxy groups -OCH3 is 1. The predicted molar refractivity (Wildman–Crippen MR) is 141 cm³/mol. The molecular formula is C28H34N4O6. The van der Waals surface area contributed by atoms with Gasteiger partial charge in [-0.15, -0.1) is 0 Å². The molecule has 1 saturated heterocycles. The quantitative estimate of drug-likeness (QED) is 0.274. The standard InChI is InChI=1S/C28H34N4O6/c1-36-24-11-8-21(18-2-4-19(5-3-18)26(29)30)16-23(24)27(34)31-22-9-6-20(7-10-22)28(35)38-17-25(33)32-12-14-37-15-13-32/h2-5,8,11,16,20,22H,6-7,9-10,12-15,17H2,1H3,(H3,29,30)(H,31,34). The van der Waals surface area contributed by atoms with Gasteiger partial charge in [0.05, 0.1) is 31.8 Å². The fourth-order valence-corrected chi connectivity index (χ4v) is 4.80. The first-order valence-corrected chi connectivity index (χ1v) is 12.8. The average Bonchev–Trinajstić information content (AvgIpc) is 2.96. The number of nitrogens with two attached hydrogens (primary N) is 1. The smallest absolute Gasteiger partial charge is 0.309 e. The molecule has 2 aliphatic rings. The maximum absolute atomic E-state index is 13.2. The Balaban J connectivity index is 1.30. The molecule has 0 atom stereocenters. The van der Waals surface area contributed by atoms with Gasteiger partial charge in [0, 0.05) is 24.7 Å². The Hall–Kier alpha value is -3.92. The van der Waals surface area contributed by atoms with Gasteiger partial charge in [-0.05, 0) is 48.9 Å². The molecule has 4 N–H and O–H groups in total. The monoisotopic (exact) mass is 522 g/mol. The molecule has 2 aromatic rings. The van der Waals surface area contributed by atoms with Crippen molar-refractivity contribution in [2.75, 3.05) is 40.0 Å². The lowest BCUT2D eigenvalue weighted by molar-refractivity contribution is -0.157. The van der Waals surface area contributed by atoms with E-state index in [0.717, 1.165) is 11.1 Å². The fourth-order valence-electron chi connectivity index (χ4n) is 4.80. The van der Waals surface area contributed by atoms with E-state index in [2.05, 4.69) is 5.32 Å². The summed E-state index contributed by atoms with van der Waals surface area (Å²) in [7, 11) is 1.52. The van der Waals surface area contributed by atoms with E-state index in [0.29, 0.717) is 68.9 Å². The molecule has 202 valence electrons. The summed E-state index contributed by atoms with van der Waals surface area (Å²) < 4.78 is 16.0. The summed E-state index contributed by atoms with van der Waals surface area (Å²) in [6.45, 7) is 1.78. The molecule has 0 radical (unpaired) electrons. The highest BCUT2D eigenvalue weighted by molar-refractivity contribution is 5.99. The number of hydrogen-bond acceptors (Lipinski definition) is 7. The second-order valence-corrected chi connectivity index (χ2v) is 9.53. The molecule has 1 aliphatic heterocycles. The molecule has 0 aromatic heterocycles. The van der Waals surface area contributed by atoms with Crippen molar-refractivity contribution in [3.63, 3.8) is 0 Å². The molecular weight excluding hydrogens is 488 g/mol. The van der Waals surface area contributed by atoms with E-state index in [1.54, 1.807) is 29.2 Å². The van der Waals surface area contributed by atoms with Crippen LogP contribution in [-0.2, 0) is 19.1 Å². The Morgan fingerprint density at radius 3 is 2.32 bits per heavy atom. The number of amidine groups is 1. The van der Waals surface area contributed by atoms with E-state index in [1.165, 1.54) is 7.11 Å². The van der Waals surface area contributed by atoms with Gasteiger partial charge in [-0.3, -0.25) is 19.8 Å². The molecule has 2 aromatic carbocycles. The first kappa shape index (κ1) is 27.1. The van der Waals surface area contributed by atoms with Crippen LogP contribution in [-0.4, -0.2) is 74.6 Å². The molecule has 0 spiro atoms. The van der Waals surface area contributed by atoms with Crippen molar-refractivity contribution in [3.8, 4) is 16.9 Å². The Morgan fingerprint density at radius 2 is 1.68 bits per heavy atom. The molecule has 1 saturated carbocycles. The van der Waals surface area contributed by atoms with Crippen molar-refractivity contribution in [1.82, 2.24) is 10.2 Å². The molecule has 2 amide bonds. The maximum Gasteiger partial charge on any atom is 0.309 e. The number of hydrogen-bond donors (Lipinski definition) is 3. The maximum atomic E-state index is 13.2. The van der Waals surface area contributed by atoms with Crippen molar-refractivity contribution in [3.05, 3.63) is 53.6 Å². The van der Waals surface area contributed by atoms with Crippen molar-refractivity contribution < 1.29 is 28.6 Å². The third kappa shape index (κ3) is 6.69. The number of nitrogens with one attached hydrogen (secondary N) is 2. The van der Waals surface area contributed by atoms with Crippen LogP contribution in [0, 0.1) is 11.3 Å². The van der Waals surface area contributed by atoms with Gasteiger partial charge in [0.1, 0.15) is 11.6 Å². The van der Waals surface area contributed by atoms with Crippen LogP contribution in [0.1, 0.15) is 41.6 Å². The highest BCUT2D eigenvalue weighted by Gasteiger charge is 2.30. The van der Waals surface area contributed by atoms with Crippen LogP contribution in [0.15, 0.2) is 42.5 Å². The summed E-state index contributed by atoms with van der Waals surface area (Å²) in [6.07, 6.45) is 2.43. The summed E-state index contributed by atoms with van der Waals surface area (Å²) >= 11 is 0. The number of esters is 1. The lowest BCUT2D eigenvalue weighted by Gasteiger charge is -2.29. The predicted octanol–water partition coefficient (Wildman–Crippen LogP) is 2.34. The minimum atomic E-state index is -0.360.